The molecular formula is C68H62N10O14S2. The summed E-state index contributed by atoms with van der Waals surface area (Å²) in [4.78, 5) is 105. The maximum absolute atomic E-state index is 13.2. The number of anilines is 3. The fourth-order valence-corrected chi connectivity index (χ4v) is 13.2. The van der Waals surface area contributed by atoms with Crippen molar-refractivity contribution in [3.05, 3.63) is 231 Å². The van der Waals surface area contributed by atoms with Gasteiger partial charge in [0.1, 0.15) is 35.5 Å². The van der Waals surface area contributed by atoms with E-state index in [-0.39, 0.29) is 47.9 Å². The van der Waals surface area contributed by atoms with E-state index in [1.807, 2.05) is 62.4 Å². The first kappa shape index (κ1) is 63.7. The standard InChI is InChI=1S/C34H31N5O7S.C23H14N2O4S.C11H17N3O3/c1-4-26-25(15-29(45-26)39-16-17(2)30(41)38-33(39)43)37-32(47)36-20-10-12-24-28(14-20)44-27-13-19(35-18(3)40)9-11-23(27)34(24)22-8-6-5-7-21(22)31(42)46-34;1-13(26)25-15-7-9-19-21(11-15)28-20-10-14(24-12-30)6-8-18(20)23(19)17-5-3-2-4-16(17)22(27)29-23;1-3-8-7(12)4-9(17-8)14-5-6(2)10(15)13-11(14)16/h5-14,16,25-26,29H,4,15H2,1-3H3,(H,35,40)(H2,36,37,47)(H,38,41,43);2-11H,1H3,(H,25,26);5,7-9H,3-4,12H2,1-2H3,(H,13,15,16)/t25?,26-,29-,34?;;7?,8-,9-/m1.1/s1. The van der Waals surface area contributed by atoms with E-state index in [2.05, 4.69) is 41.4 Å². The van der Waals surface area contributed by atoms with Crippen LogP contribution in [-0.4, -0.2) is 77.4 Å². The van der Waals surface area contributed by atoms with Gasteiger partial charge in [0.15, 0.2) is 16.3 Å². The van der Waals surface area contributed by atoms with Gasteiger partial charge in [0.25, 0.3) is 11.1 Å². The third-order valence-electron chi connectivity index (χ3n) is 17.0. The van der Waals surface area contributed by atoms with Crippen molar-refractivity contribution in [2.75, 3.05) is 16.0 Å². The van der Waals surface area contributed by atoms with Crippen molar-refractivity contribution in [3.8, 4) is 23.0 Å². The number of nitrogens with zero attached hydrogens (tertiary/aromatic N) is 3. The minimum absolute atomic E-state index is 0.0286. The van der Waals surface area contributed by atoms with Crippen LogP contribution in [0.1, 0.15) is 131 Å². The van der Waals surface area contributed by atoms with Gasteiger partial charge in [0, 0.05) is 131 Å². The molecule has 2 fully saturated rings. The number of fused-ring (bicyclic) bond motifs is 12. The molecule has 480 valence electrons. The Bertz CT molecular complexity index is 4770. The largest absolute Gasteiger partial charge is 0.456 e. The monoisotopic (exact) mass is 1310 g/mol. The van der Waals surface area contributed by atoms with Crippen LogP contribution >= 0.6 is 24.4 Å². The lowest BCUT2D eigenvalue weighted by Gasteiger charge is -2.37. The minimum atomic E-state index is -1.26. The van der Waals surface area contributed by atoms with Gasteiger partial charge in [-0.15, -0.1) is 0 Å². The summed E-state index contributed by atoms with van der Waals surface area (Å²) in [5, 5.41) is 14.7. The highest BCUT2D eigenvalue weighted by Crippen LogP contribution is 2.58. The van der Waals surface area contributed by atoms with Crippen molar-refractivity contribution in [2.24, 2.45) is 10.7 Å². The van der Waals surface area contributed by atoms with Crippen LogP contribution < -0.4 is 59.0 Å². The number of hydrogen-bond donors (Lipinski definition) is 7. The van der Waals surface area contributed by atoms with Crippen LogP contribution in [0.25, 0.3) is 0 Å². The Hall–Kier alpha value is -10.5. The number of carbonyl (C=O) groups is 4. The molecule has 94 heavy (non-hydrogen) atoms. The van der Waals surface area contributed by atoms with E-state index in [9.17, 15) is 38.4 Å². The number of rotatable bonds is 9. The van der Waals surface area contributed by atoms with Crippen LogP contribution in [0.15, 0.2) is 158 Å². The Labute approximate surface area is 546 Å². The molecule has 2 saturated heterocycles. The molecule has 8 heterocycles. The molecule has 0 saturated carbocycles. The fraction of sp³-hybridized carbons (Fsp3) is 0.265. The number of isothiocyanates is 1. The lowest BCUT2D eigenvalue weighted by atomic mass is 9.77. The Morgan fingerprint density at radius 3 is 1.47 bits per heavy atom. The number of esters is 2. The molecule has 2 spiro atoms. The highest BCUT2D eigenvalue weighted by molar-refractivity contribution is 7.80. The summed E-state index contributed by atoms with van der Waals surface area (Å²) in [6.07, 6.45) is 4.33. The number of ether oxygens (including phenoxy) is 6. The Morgan fingerprint density at radius 2 is 1.02 bits per heavy atom. The first-order valence-electron chi connectivity index (χ1n) is 30.1. The topological polar surface area (TPSA) is 320 Å². The lowest BCUT2D eigenvalue weighted by molar-refractivity contribution is -0.115. The van der Waals surface area contributed by atoms with Gasteiger partial charge in [0.2, 0.25) is 11.8 Å². The molecule has 0 radical (unpaired) electrons. The molecule has 6 aliphatic heterocycles. The third kappa shape index (κ3) is 11.7. The minimum Gasteiger partial charge on any atom is -0.456 e. The molecule has 26 heteroatoms. The van der Waals surface area contributed by atoms with Crippen LogP contribution in [0.3, 0.4) is 0 Å². The second-order valence-electron chi connectivity index (χ2n) is 23.2. The lowest BCUT2D eigenvalue weighted by Crippen LogP contribution is -2.42. The summed E-state index contributed by atoms with van der Waals surface area (Å²) in [6.45, 7) is 10.1. The first-order valence-corrected chi connectivity index (χ1v) is 30.9. The molecule has 0 bridgehead atoms. The van der Waals surface area contributed by atoms with Crippen molar-refractivity contribution in [3.63, 3.8) is 0 Å². The summed E-state index contributed by atoms with van der Waals surface area (Å²) in [5.41, 5.74) is 9.96. The van der Waals surface area contributed by atoms with Crippen LogP contribution in [0.2, 0.25) is 0 Å². The number of hydrogen-bond acceptors (Lipinski definition) is 18. The summed E-state index contributed by atoms with van der Waals surface area (Å²) in [7, 11) is 0. The van der Waals surface area contributed by atoms with Crippen molar-refractivity contribution < 1.29 is 47.6 Å². The number of nitrogens with two attached hydrogens (primary N) is 1. The Morgan fingerprint density at radius 1 is 0.596 bits per heavy atom. The normalized spacial score (nSPS) is 21.8. The number of amides is 2. The molecule has 0 aliphatic carbocycles. The molecular weight excluding hydrogens is 1240 g/mol. The van der Waals surface area contributed by atoms with Gasteiger partial charge in [-0.05, 0) is 112 Å². The third-order valence-corrected chi connectivity index (χ3v) is 17.3. The predicted molar refractivity (Wildman–Crippen MR) is 354 cm³/mol. The molecule has 14 rings (SSSR count). The summed E-state index contributed by atoms with van der Waals surface area (Å²) >= 11 is 10.4. The van der Waals surface area contributed by atoms with E-state index in [1.54, 1.807) is 86.6 Å². The molecule has 4 unspecified atom stereocenters. The second-order valence-corrected chi connectivity index (χ2v) is 23.8. The van der Waals surface area contributed by atoms with E-state index < -0.39 is 46.3 Å². The van der Waals surface area contributed by atoms with Crippen LogP contribution in [-0.2, 0) is 39.7 Å². The van der Waals surface area contributed by atoms with Gasteiger partial charge in [-0.2, -0.15) is 4.99 Å². The van der Waals surface area contributed by atoms with E-state index in [0.717, 1.165) is 12.0 Å². The predicted octanol–water partition coefficient (Wildman–Crippen LogP) is 9.24. The number of aromatic nitrogens is 4. The van der Waals surface area contributed by atoms with Crippen molar-refractivity contribution in [2.45, 2.75) is 115 Å². The summed E-state index contributed by atoms with van der Waals surface area (Å²) in [6, 6.07) is 35.6. The number of nitrogens with one attached hydrogen (secondary N) is 6. The Kier molecular flexibility index (Phi) is 17.3. The van der Waals surface area contributed by atoms with Crippen LogP contribution in [0.4, 0.5) is 22.7 Å². The number of benzene rings is 6. The maximum atomic E-state index is 13.2. The number of aryl methyl sites for hydroxylation is 2. The molecule has 8 aromatic rings. The first-order chi connectivity index (χ1) is 45.1. The zero-order chi connectivity index (χ0) is 66.5. The number of aliphatic imine (C=N–C) groups is 1. The smallest absolute Gasteiger partial charge is 0.340 e. The molecule has 6 aromatic carbocycles. The quantitative estimate of drug-likeness (QED) is 0.0402. The van der Waals surface area contributed by atoms with Crippen molar-refractivity contribution in [1.82, 2.24) is 24.4 Å². The van der Waals surface area contributed by atoms with Crippen molar-refractivity contribution in [1.29, 1.82) is 0 Å². The highest BCUT2D eigenvalue weighted by Gasteiger charge is 2.55. The van der Waals surface area contributed by atoms with Gasteiger partial charge in [-0.3, -0.25) is 38.3 Å². The fourth-order valence-electron chi connectivity index (χ4n) is 12.8. The van der Waals surface area contributed by atoms with E-state index in [1.165, 1.54) is 35.4 Å². The van der Waals surface area contributed by atoms with E-state index in [0.29, 0.717) is 120 Å². The van der Waals surface area contributed by atoms with Gasteiger partial charge >= 0.3 is 23.3 Å². The summed E-state index contributed by atoms with van der Waals surface area (Å²) in [5.74, 6) is 0.552. The van der Waals surface area contributed by atoms with Gasteiger partial charge in [0.05, 0.1) is 40.2 Å². The van der Waals surface area contributed by atoms with Crippen LogP contribution in [0, 0.1) is 13.8 Å². The van der Waals surface area contributed by atoms with Gasteiger partial charge in [-0.25, -0.2) is 19.2 Å². The maximum Gasteiger partial charge on any atom is 0.340 e. The van der Waals surface area contributed by atoms with Crippen LogP contribution in [0.5, 0.6) is 23.0 Å². The zero-order valence-electron chi connectivity index (χ0n) is 51.4. The number of H-pyrrole nitrogens is 2. The molecule has 2 amide bonds. The molecule has 8 atom stereocenters. The second kappa shape index (κ2) is 25.6. The number of carbonyl (C=O) groups excluding carboxylic acids is 4. The average molecular weight is 1310 g/mol. The molecule has 2 aromatic heterocycles. The summed E-state index contributed by atoms with van der Waals surface area (Å²) < 4.78 is 39.5. The Balaban J connectivity index is 0.000000153. The zero-order valence-corrected chi connectivity index (χ0v) is 53.1. The van der Waals surface area contributed by atoms with E-state index in [4.69, 9.17) is 58.6 Å². The van der Waals surface area contributed by atoms with Gasteiger partial charge < -0.3 is 55.4 Å². The van der Waals surface area contributed by atoms with E-state index >= 15 is 0 Å². The number of thiocarbonyl (C=S) groups is 2. The molecule has 8 N–H and O–H groups in total. The molecule has 24 nitrogen and oxygen atoms in total. The highest BCUT2D eigenvalue weighted by atomic mass is 32.1. The average Bonchev–Trinajstić information content (AvgIpc) is 1.45. The molecule has 6 aliphatic rings. The van der Waals surface area contributed by atoms with Gasteiger partial charge in [-0.1, -0.05) is 50.2 Å². The van der Waals surface area contributed by atoms with Crippen molar-refractivity contribution >= 4 is 81.2 Å². The number of aromatic amines is 2. The SMILES string of the molecule is CC(=O)Nc1ccc2c(c1)Oc1cc(N=C=S)ccc1C21OC(=O)c2ccccc21.CC[C@H]1O[C@@H](n2cc(C)c(=O)[nH]c2=O)CC1N.CC[C@H]1O[C@@H](n2cc(C)c(=O)[nH]c2=O)CC1NC(=S)Nc1ccc2c(c1)Oc1cc(NC(C)=O)ccc1C21OC(=O)c2ccccc21.